The average molecular weight is 410 g/mol. The minimum atomic E-state index is -3.67. The highest BCUT2D eigenvalue weighted by atomic mass is 32.2. The summed E-state index contributed by atoms with van der Waals surface area (Å²) in [4.78, 5) is 25.4. The fourth-order valence-corrected chi connectivity index (χ4v) is 4.57. The van der Waals surface area contributed by atoms with Crippen molar-refractivity contribution in [3.63, 3.8) is 0 Å². The first-order valence-corrected chi connectivity index (χ1v) is 10.1. The predicted molar refractivity (Wildman–Crippen MR) is 97.2 cm³/mol. The first kappa shape index (κ1) is 20.0. The van der Waals surface area contributed by atoms with Crippen LogP contribution in [0.15, 0.2) is 23.5 Å². The third kappa shape index (κ3) is 3.52. The van der Waals surface area contributed by atoms with Gasteiger partial charge in [-0.1, -0.05) is 0 Å². The SMILES string of the molecule is Cc1c(S(=O)(=O)N2CCN(C(=O)c3cnn(C(C)C(=O)O)c3)CC2)cnn1C. The van der Waals surface area contributed by atoms with E-state index in [-0.39, 0.29) is 42.5 Å². The lowest BCUT2D eigenvalue weighted by Crippen LogP contribution is -2.50. The Morgan fingerprint density at radius 2 is 1.79 bits per heavy atom. The largest absolute Gasteiger partial charge is 0.480 e. The number of carboxylic acid groups (broad SMARTS) is 1. The highest BCUT2D eigenvalue weighted by molar-refractivity contribution is 7.89. The van der Waals surface area contributed by atoms with Gasteiger partial charge in [0.25, 0.3) is 5.91 Å². The molecule has 1 aliphatic heterocycles. The van der Waals surface area contributed by atoms with Crippen LogP contribution in [0.3, 0.4) is 0 Å². The van der Waals surface area contributed by atoms with E-state index >= 15 is 0 Å². The van der Waals surface area contributed by atoms with Crippen molar-refractivity contribution in [2.24, 2.45) is 7.05 Å². The first-order chi connectivity index (χ1) is 13.1. The number of carbonyl (C=O) groups excluding carboxylic acids is 1. The van der Waals surface area contributed by atoms with Crippen molar-refractivity contribution in [2.75, 3.05) is 26.2 Å². The highest BCUT2D eigenvalue weighted by Crippen LogP contribution is 2.21. The maximum Gasteiger partial charge on any atom is 0.328 e. The Hall–Kier alpha value is -2.73. The van der Waals surface area contributed by atoms with Gasteiger partial charge in [-0.25, -0.2) is 13.2 Å². The first-order valence-electron chi connectivity index (χ1n) is 8.68. The Labute approximate surface area is 162 Å². The molecule has 1 aliphatic rings. The van der Waals surface area contributed by atoms with Gasteiger partial charge in [-0.05, 0) is 13.8 Å². The summed E-state index contributed by atoms with van der Waals surface area (Å²) in [5, 5.41) is 16.9. The summed E-state index contributed by atoms with van der Waals surface area (Å²) in [6.45, 7) is 3.96. The molecule has 1 N–H and O–H groups in total. The second-order valence-corrected chi connectivity index (χ2v) is 8.54. The second kappa shape index (κ2) is 7.36. The van der Waals surface area contributed by atoms with Crippen molar-refractivity contribution in [1.82, 2.24) is 28.8 Å². The standard InChI is InChI=1S/C16H22N6O5S/c1-11-14(9-17-19(11)3)28(26,27)21-6-4-20(5-7-21)15(23)13-8-18-22(10-13)12(2)16(24)25/h8-10,12H,4-7H2,1-3H3,(H,24,25). The Morgan fingerprint density at radius 1 is 1.14 bits per heavy atom. The number of carbonyl (C=O) groups is 2. The number of rotatable bonds is 5. The molecule has 1 saturated heterocycles. The molecule has 1 unspecified atom stereocenters. The molecule has 0 aliphatic carbocycles. The number of carboxylic acids is 1. The number of piperazine rings is 1. The van der Waals surface area contributed by atoms with E-state index in [0.717, 1.165) is 0 Å². The van der Waals surface area contributed by atoms with E-state index < -0.39 is 22.0 Å². The molecule has 28 heavy (non-hydrogen) atoms. The summed E-state index contributed by atoms with van der Waals surface area (Å²) in [5.41, 5.74) is 0.825. The van der Waals surface area contributed by atoms with E-state index in [2.05, 4.69) is 10.2 Å². The molecule has 0 aromatic carbocycles. The maximum atomic E-state index is 12.8. The minimum Gasteiger partial charge on any atom is -0.480 e. The molecule has 0 radical (unpaired) electrons. The third-order valence-corrected chi connectivity index (χ3v) is 6.94. The molecule has 1 amide bonds. The van der Waals surface area contributed by atoms with Crippen LogP contribution in [0.5, 0.6) is 0 Å². The van der Waals surface area contributed by atoms with Crippen molar-refractivity contribution in [1.29, 1.82) is 0 Å². The van der Waals surface area contributed by atoms with E-state index in [1.165, 1.54) is 44.1 Å². The Kier molecular flexibility index (Phi) is 5.26. The normalized spacial score (nSPS) is 16.9. The number of aliphatic carboxylic acids is 1. The van der Waals surface area contributed by atoms with Gasteiger partial charge in [0.2, 0.25) is 10.0 Å². The molecular formula is C16H22N6O5S. The molecule has 2 aromatic heterocycles. The van der Waals surface area contributed by atoms with Crippen LogP contribution in [-0.4, -0.2) is 80.3 Å². The molecule has 3 heterocycles. The summed E-state index contributed by atoms with van der Waals surface area (Å²) < 4.78 is 29.7. The van der Waals surface area contributed by atoms with Crippen molar-refractivity contribution in [2.45, 2.75) is 24.8 Å². The monoisotopic (exact) mass is 410 g/mol. The Balaban J connectivity index is 1.68. The molecule has 0 bridgehead atoms. The molecule has 1 atom stereocenters. The van der Waals surface area contributed by atoms with Crippen LogP contribution < -0.4 is 0 Å². The average Bonchev–Trinajstić information content (AvgIpc) is 3.28. The Morgan fingerprint density at radius 3 is 2.32 bits per heavy atom. The number of aryl methyl sites for hydroxylation is 1. The van der Waals surface area contributed by atoms with Crippen LogP contribution in [-0.2, 0) is 21.9 Å². The van der Waals surface area contributed by atoms with Gasteiger partial charge in [0.05, 0.1) is 23.7 Å². The number of sulfonamides is 1. The number of hydrogen-bond acceptors (Lipinski definition) is 6. The molecule has 2 aromatic rings. The van der Waals surface area contributed by atoms with Crippen LogP contribution in [0.25, 0.3) is 0 Å². The highest BCUT2D eigenvalue weighted by Gasteiger charge is 2.33. The number of amides is 1. The van der Waals surface area contributed by atoms with Gasteiger partial charge in [0.1, 0.15) is 10.9 Å². The van der Waals surface area contributed by atoms with Crippen molar-refractivity contribution in [3.8, 4) is 0 Å². The quantitative estimate of drug-likeness (QED) is 0.717. The predicted octanol–water partition coefficient (Wildman–Crippen LogP) is -0.283. The summed E-state index contributed by atoms with van der Waals surface area (Å²) in [6.07, 6.45) is 4.05. The van der Waals surface area contributed by atoms with Crippen molar-refractivity contribution >= 4 is 21.9 Å². The van der Waals surface area contributed by atoms with Crippen LogP contribution in [0.2, 0.25) is 0 Å². The van der Waals surface area contributed by atoms with Gasteiger partial charge in [0.15, 0.2) is 0 Å². The third-order valence-electron chi connectivity index (χ3n) is 4.94. The zero-order valence-electron chi connectivity index (χ0n) is 15.8. The van der Waals surface area contributed by atoms with E-state index in [0.29, 0.717) is 5.69 Å². The van der Waals surface area contributed by atoms with Gasteiger partial charge in [0, 0.05) is 39.4 Å². The maximum absolute atomic E-state index is 12.8. The van der Waals surface area contributed by atoms with E-state index in [1.807, 2.05) is 0 Å². The molecule has 11 nitrogen and oxygen atoms in total. The van der Waals surface area contributed by atoms with Gasteiger partial charge in [-0.2, -0.15) is 14.5 Å². The van der Waals surface area contributed by atoms with E-state index in [9.17, 15) is 18.0 Å². The molecule has 0 saturated carbocycles. The molecular weight excluding hydrogens is 388 g/mol. The van der Waals surface area contributed by atoms with E-state index in [4.69, 9.17) is 5.11 Å². The fraction of sp³-hybridized carbons (Fsp3) is 0.500. The Bertz CT molecular complexity index is 1000. The molecule has 12 heteroatoms. The van der Waals surface area contributed by atoms with Gasteiger partial charge in [-0.15, -0.1) is 0 Å². The number of aromatic nitrogens is 4. The van der Waals surface area contributed by atoms with Crippen LogP contribution in [0.4, 0.5) is 0 Å². The van der Waals surface area contributed by atoms with Crippen LogP contribution in [0, 0.1) is 6.92 Å². The molecule has 0 spiro atoms. The smallest absolute Gasteiger partial charge is 0.328 e. The van der Waals surface area contributed by atoms with Gasteiger partial charge >= 0.3 is 5.97 Å². The number of nitrogens with zero attached hydrogens (tertiary/aromatic N) is 6. The minimum absolute atomic E-state index is 0.165. The van der Waals surface area contributed by atoms with Gasteiger partial charge in [-0.3, -0.25) is 14.2 Å². The fourth-order valence-electron chi connectivity index (χ4n) is 2.96. The molecule has 1 fully saturated rings. The molecule has 3 rings (SSSR count). The number of hydrogen-bond donors (Lipinski definition) is 1. The lowest BCUT2D eigenvalue weighted by molar-refractivity contribution is -0.140. The van der Waals surface area contributed by atoms with Gasteiger partial charge < -0.3 is 10.0 Å². The molecule has 152 valence electrons. The van der Waals surface area contributed by atoms with Crippen molar-refractivity contribution < 1.29 is 23.1 Å². The summed E-state index contributed by atoms with van der Waals surface area (Å²) in [5.74, 6) is -1.36. The summed E-state index contributed by atoms with van der Waals surface area (Å²) in [7, 11) is -2.00. The topological polar surface area (TPSA) is 131 Å². The van der Waals surface area contributed by atoms with Crippen LogP contribution >= 0.6 is 0 Å². The zero-order valence-corrected chi connectivity index (χ0v) is 16.6. The summed E-state index contributed by atoms with van der Waals surface area (Å²) >= 11 is 0. The van der Waals surface area contributed by atoms with Crippen molar-refractivity contribution in [3.05, 3.63) is 29.8 Å². The lowest BCUT2D eigenvalue weighted by atomic mass is 10.2. The lowest BCUT2D eigenvalue weighted by Gasteiger charge is -2.33. The summed E-state index contributed by atoms with van der Waals surface area (Å²) in [6, 6.07) is -0.883. The van der Waals surface area contributed by atoms with E-state index in [1.54, 1.807) is 14.0 Å². The zero-order chi connectivity index (χ0) is 20.6. The second-order valence-electron chi connectivity index (χ2n) is 6.64. The van der Waals surface area contributed by atoms with Crippen LogP contribution in [0.1, 0.15) is 29.0 Å².